The summed E-state index contributed by atoms with van der Waals surface area (Å²) in [6.45, 7) is 0. The average molecular weight is 325 g/mol. The Morgan fingerprint density at radius 3 is 2.52 bits per heavy atom. The van der Waals surface area contributed by atoms with E-state index < -0.39 is 0 Å². The predicted octanol–water partition coefficient (Wildman–Crippen LogP) is 5.40. The molecule has 0 spiro atoms. The first-order valence-electron chi connectivity index (χ1n) is 8.93. The number of hydrogen-bond acceptors (Lipinski definition) is 2. The zero-order chi connectivity index (χ0) is 16.8. The smallest absolute Gasteiger partial charge is 0.161 e. The van der Waals surface area contributed by atoms with E-state index in [1.165, 1.54) is 21.9 Å². The first kappa shape index (κ1) is 14.5. The standard InChI is InChI=1S/C23H19NO/c25-20-12-6-11-18-23(20)21(16-8-2-1-3-9-16)22-17-10-5-4-7-15(17)13-14-19(22)24-18/h1-5,7-10,13-14,21,24H,6,11-12H2/t21-/m1/s1. The van der Waals surface area contributed by atoms with Gasteiger partial charge in [-0.25, -0.2) is 0 Å². The van der Waals surface area contributed by atoms with Crippen molar-refractivity contribution in [3.8, 4) is 0 Å². The third-order valence-corrected chi connectivity index (χ3v) is 5.42. The zero-order valence-corrected chi connectivity index (χ0v) is 14.0. The molecule has 0 bridgehead atoms. The summed E-state index contributed by atoms with van der Waals surface area (Å²) in [5, 5.41) is 6.03. The molecule has 1 aliphatic heterocycles. The Labute approximate surface area is 147 Å². The summed E-state index contributed by atoms with van der Waals surface area (Å²) in [6, 6.07) is 23.3. The van der Waals surface area contributed by atoms with Crippen LogP contribution >= 0.6 is 0 Å². The average Bonchev–Trinajstić information content (AvgIpc) is 2.67. The number of nitrogens with one attached hydrogen (secondary N) is 1. The van der Waals surface area contributed by atoms with Gasteiger partial charge in [0.15, 0.2) is 5.78 Å². The topological polar surface area (TPSA) is 29.1 Å². The molecule has 0 saturated heterocycles. The summed E-state index contributed by atoms with van der Waals surface area (Å²) in [7, 11) is 0. The normalized spacial score (nSPS) is 19.4. The van der Waals surface area contributed by atoms with Crippen LogP contribution in [0, 0.1) is 0 Å². The maximum absolute atomic E-state index is 12.9. The third kappa shape index (κ3) is 2.21. The van der Waals surface area contributed by atoms with Gasteiger partial charge in [0.25, 0.3) is 0 Å². The highest BCUT2D eigenvalue weighted by atomic mass is 16.1. The van der Waals surface area contributed by atoms with E-state index in [2.05, 4.69) is 66.0 Å². The van der Waals surface area contributed by atoms with E-state index in [1.54, 1.807) is 0 Å². The molecular weight excluding hydrogens is 306 g/mol. The lowest BCUT2D eigenvalue weighted by molar-refractivity contribution is -0.116. The number of allylic oxidation sites excluding steroid dienone is 2. The van der Waals surface area contributed by atoms with Crippen molar-refractivity contribution < 1.29 is 4.79 Å². The first-order chi connectivity index (χ1) is 12.3. The largest absolute Gasteiger partial charge is 0.358 e. The molecule has 0 amide bonds. The van der Waals surface area contributed by atoms with Crippen molar-refractivity contribution in [3.63, 3.8) is 0 Å². The second kappa shape index (κ2) is 5.59. The molecule has 122 valence electrons. The van der Waals surface area contributed by atoms with Crippen molar-refractivity contribution in [2.24, 2.45) is 0 Å². The van der Waals surface area contributed by atoms with Gasteiger partial charge in [0.1, 0.15) is 0 Å². The van der Waals surface area contributed by atoms with Crippen LogP contribution in [0.4, 0.5) is 5.69 Å². The number of carbonyl (C=O) groups excluding carboxylic acids is 1. The van der Waals surface area contributed by atoms with Gasteiger partial charge < -0.3 is 5.32 Å². The lowest BCUT2D eigenvalue weighted by Crippen LogP contribution is -2.27. The van der Waals surface area contributed by atoms with Crippen molar-refractivity contribution >= 4 is 22.2 Å². The van der Waals surface area contributed by atoms with Crippen LogP contribution in [0.15, 0.2) is 78.0 Å². The maximum atomic E-state index is 12.9. The van der Waals surface area contributed by atoms with Crippen LogP contribution in [-0.4, -0.2) is 5.78 Å². The molecule has 1 atom stereocenters. The fraction of sp³-hybridized carbons (Fsp3) is 0.174. The van der Waals surface area contributed by atoms with Gasteiger partial charge in [-0.05, 0) is 40.8 Å². The van der Waals surface area contributed by atoms with E-state index in [9.17, 15) is 4.79 Å². The summed E-state index contributed by atoms with van der Waals surface area (Å²) in [5.74, 6) is 0.313. The van der Waals surface area contributed by atoms with Crippen LogP contribution in [0.1, 0.15) is 36.3 Å². The molecule has 0 unspecified atom stereocenters. The van der Waals surface area contributed by atoms with Crippen LogP contribution in [0.3, 0.4) is 0 Å². The molecule has 1 aliphatic carbocycles. The molecule has 3 aromatic carbocycles. The molecule has 25 heavy (non-hydrogen) atoms. The summed E-state index contributed by atoms with van der Waals surface area (Å²) in [5.41, 5.74) is 5.66. The monoisotopic (exact) mass is 325 g/mol. The highest BCUT2D eigenvalue weighted by Gasteiger charge is 2.35. The second-order valence-electron chi connectivity index (χ2n) is 6.89. The van der Waals surface area contributed by atoms with Gasteiger partial charge in [0.05, 0.1) is 0 Å². The molecule has 2 heteroatoms. The Bertz CT molecular complexity index is 1020. The van der Waals surface area contributed by atoms with Gasteiger partial charge >= 0.3 is 0 Å². The van der Waals surface area contributed by atoms with E-state index in [1.807, 2.05) is 6.07 Å². The summed E-state index contributed by atoms with van der Waals surface area (Å²) in [4.78, 5) is 12.9. The Kier molecular flexibility index (Phi) is 3.24. The molecule has 1 heterocycles. The fourth-order valence-corrected chi connectivity index (χ4v) is 4.33. The highest BCUT2D eigenvalue weighted by molar-refractivity contribution is 6.04. The number of rotatable bonds is 1. The van der Waals surface area contributed by atoms with E-state index in [4.69, 9.17) is 0 Å². The lowest BCUT2D eigenvalue weighted by Gasteiger charge is -2.35. The van der Waals surface area contributed by atoms with E-state index >= 15 is 0 Å². The van der Waals surface area contributed by atoms with Gasteiger partial charge in [-0.1, -0.05) is 60.7 Å². The van der Waals surface area contributed by atoms with Crippen LogP contribution in [0.2, 0.25) is 0 Å². The van der Waals surface area contributed by atoms with Crippen molar-refractivity contribution in [2.45, 2.75) is 25.2 Å². The molecule has 3 aromatic rings. The summed E-state index contributed by atoms with van der Waals surface area (Å²) < 4.78 is 0. The molecular formula is C23H19NO. The molecule has 5 rings (SSSR count). The lowest BCUT2D eigenvalue weighted by atomic mass is 9.74. The van der Waals surface area contributed by atoms with Gasteiger partial charge in [-0.15, -0.1) is 0 Å². The van der Waals surface area contributed by atoms with Crippen molar-refractivity contribution in [3.05, 3.63) is 89.1 Å². The number of carbonyl (C=O) groups is 1. The quantitative estimate of drug-likeness (QED) is 0.648. The molecule has 0 saturated carbocycles. The van der Waals surface area contributed by atoms with Gasteiger partial charge in [-0.3, -0.25) is 4.79 Å². The Balaban J connectivity index is 1.85. The predicted molar refractivity (Wildman–Crippen MR) is 102 cm³/mol. The summed E-state index contributed by atoms with van der Waals surface area (Å²) >= 11 is 0. The van der Waals surface area contributed by atoms with Crippen molar-refractivity contribution in [1.29, 1.82) is 0 Å². The van der Waals surface area contributed by atoms with Crippen molar-refractivity contribution in [2.75, 3.05) is 5.32 Å². The minimum Gasteiger partial charge on any atom is -0.358 e. The van der Waals surface area contributed by atoms with Crippen molar-refractivity contribution in [1.82, 2.24) is 0 Å². The number of ketones is 1. The minimum absolute atomic E-state index is 0.0198. The first-order valence-corrected chi connectivity index (χ1v) is 8.93. The van der Waals surface area contributed by atoms with E-state index in [0.29, 0.717) is 12.2 Å². The van der Waals surface area contributed by atoms with Gasteiger partial charge in [0.2, 0.25) is 0 Å². The van der Waals surface area contributed by atoms with Crippen LogP contribution in [0.25, 0.3) is 10.8 Å². The van der Waals surface area contributed by atoms with Crippen LogP contribution in [0.5, 0.6) is 0 Å². The van der Waals surface area contributed by atoms with E-state index in [-0.39, 0.29) is 5.92 Å². The number of hydrogen-bond donors (Lipinski definition) is 1. The van der Waals surface area contributed by atoms with Crippen LogP contribution < -0.4 is 5.32 Å². The molecule has 2 aliphatic rings. The second-order valence-corrected chi connectivity index (χ2v) is 6.89. The fourth-order valence-electron chi connectivity index (χ4n) is 4.33. The Morgan fingerprint density at radius 1 is 0.840 bits per heavy atom. The molecule has 1 N–H and O–H groups in total. The molecule has 0 radical (unpaired) electrons. The number of fused-ring (bicyclic) bond motifs is 3. The number of Topliss-reactive ketones (excluding diaryl/α,β-unsaturated/α-hetero) is 1. The van der Waals surface area contributed by atoms with Gasteiger partial charge in [-0.2, -0.15) is 0 Å². The molecule has 0 aromatic heterocycles. The highest BCUT2D eigenvalue weighted by Crippen LogP contribution is 2.47. The number of anilines is 1. The molecule has 0 fully saturated rings. The van der Waals surface area contributed by atoms with Gasteiger partial charge in [0, 0.05) is 29.3 Å². The zero-order valence-electron chi connectivity index (χ0n) is 14.0. The van der Waals surface area contributed by atoms with E-state index in [0.717, 1.165) is 29.8 Å². The minimum atomic E-state index is 0.0198. The Morgan fingerprint density at radius 2 is 1.64 bits per heavy atom. The third-order valence-electron chi connectivity index (χ3n) is 5.42. The molecule has 2 nitrogen and oxygen atoms in total. The Hall–Kier alpha value is -2.87. The van der Waals surface area contributed by atoms with Crippen LogP contribution in [-0.2, 0) is 4.79 Å². The maximum Gasteiger partial charge on any atom is 0.161 e. The SMILES string of the molecule is O=C1CCCC2=C1[C@H](c1ccccc1)c1c(ccc3ccccc13)N2. The summed E-state index contributed by atoms with van der Waals surface area (Å²) in [6.07, 6.45) is 2.55. The number of benzene rings is 3.